The maximum absolute atomic E-state index is 11.8. The average Bonchev–Trinajstić information content (AvgIpc) is 2.64. The second-order valence-corrected chi connectivity index (χ2v) is 3.93. The van der Waals surface area contributed by atoms with E-state index in [0.717, 1.165) is 0 Å². The van der Waals surface area contributed by atoms with Crippen LogP contribution in [0.3, 0.4) is 0 Å². The van der Waals surface area contributed by atoms with Gasteiger partial charge in [0.25, 0.3) is 5.91 Å². The molecule has 0 radical (unpaired) electrons. The summed E-state index contributed by atoms with van der Waals surface area (Å²) >= 11 is 5.69. The van der Waals surface area contributed by atoms with Crippen molar-refractivity contribution in [2.75, 3.05) is 13.1 Å². The van der Waals surface area contributed by atoms with Gasteiger partial charge >= 0.3 is 0 Å². The summed E-state index contributed by atoms with van der Waals surface area (Å²) in [6, 6.07) is 4.94. The minimum Gasteiger partial charge on any atom is -0.391 e. The average molecular weight is 227 g/mol. The first kappa shape index (κ1) is 10.4. The van der Waals surface area contributed by atoms with Gasteiger partial charge in [0, 0.05) is 13.1 Å². The molecule has 15 heavy (non-hydrogen) atoms. The van der Waals surface area contributed by atoms with Crippen LogP contribution in [0.1, 0.15) is 16.9 Å². The smallest absolute Gasteiger partial charge is 0.272 e. The van der Waals surface area contributed by atoms with Gasteiger partial charge in [-0.2, -0.15) is 0 Å². The summed E-state index contributed by atoms with van der Waals surface area (Å²) in [7, 11) is 0. The van der Waals surface area contributed by atoms with E-state index in [2.05, 4.69) is 4.98 Å². The van der Waals surface area contributed by atoms with Crippen LogP contribution >= 0.6 is 11.6 Å². The number of hydrogen-bond acceptors (Lipinski definition) is 3. The number of aliphatic hydroxyl groups is 1. The van der Waals surface area contributed by atoms with Crippen LogP contribution in [-0.4, -0.2) is 40.1 Å². The van der Waals surface area contributed by atoms with Gasteiger partial charge in [0.1, 0.15) is 10.8 Å². The van der Waals surface area contributed by atoms with Crippen LogP contribution in [0.4, 0.5) is 0 Å². The highest BCUT2D eigenvalue weighted by molar-refractivity contribution is 6.29. The van der Waals surface area contributed by atoms with Crippen molar-refractivity contribution in [3.8, 4) is 0 Å². The van der Waals surface area contributed by atoms with Gasteiger partial charge in [-0.1, -0.05) is 17.7 Å². The molecule has 1 fully saturated rings. The molecule has 1 N–H and O–H groups in total. The molecule has 1 aromatic rings. The minimum atomic E-state index is -0.409. The molecule has 2 heterocycles. The maximum Gasteiger partial charge on any atom is 0.272 e. The summed E-state index contributed by atoms with van der Waals surface area (Å²) in [6.07, 6.45) is 0.222. The van der Waals surface area contributed by atoms with E-state index in [1.165, 1.54) is 0 Å². The van der Waals surface area contributed by atoms with Crippen LogP contribution in [0.15, 0.2) is 18.2 Å². The van der Waals surface area contributed by atoms with Gasteiger partial charge < -0.3 is 10.0 Å². The largest absolute Gasteiger partial charge is 0.391 e. The van der Waals surface area contributed by atoms with Crippen LogP contribution in [0.5, 0.6) is 0 Å². The lowest BCUT2D eigenvalue weighted by Gasteiger charge is -2.14. The van der Waals surface area contributed by atoms with Crippen LogP contribution in [0, 0.1) is 0 Å². The Morgan fingerprint density at radius 1 is 1.60 bits per heavy atom. The fraction of sp³-hybridized carbons (Fsp3) is 0.400. The zero-order valence-corrected chi connectivity index (χ0v) is 8.81. The van der Waals surface area contributed by atoms with Crippen molar-refractivity contribution in [1.82, 2.24) is 9.88 Å². The van der Waals surface area contributed by atoms with Gasteiger partial charge in [0.2, 0.25) is 0 Å². The number of carbonyl (C=O) groups excluding carboxylic acids is 1. The van der Waals surface area contributed by atoms with Crippen LogP contribution in [-0.2, 0) is 0 Å². The number of amides is 1. The number of β-amino-alcohol motifs (C(OH)–C–C–N with tert-alkyl or cyclic N) is 1. The number of likely N-dealkylation sites (tertiary alicyclic amines) is 1. The van der Waals surface area contributed by atoms with Crippen molar-refractivity contribution in [1.29, 1.82) is 0 Å². The second kappa shape index (κ2) is 4.16. The number of hydrogen-bond donors (Lipinski definition) is 1. The molecule has 1 unspecified atom stereocenters. The number of rotatable bonds is 1. The second-order valence-electron chi connectivity index (χ2n) is 3.54. The summed E-state index contributed by atoms with van der Waals surface area (Å²) in [5, 5.41) is 9.62. The summed E-state index contributed by atoms with van der Waals surface area (Å²) in [4.78, 5) is 17.4. The lowest BCUT2D eigenvalue weighted by molar-refractivity contribution is 0.0759. The molecule has 0 bridgehead atoms. The number of aromatic nitrogens is 1. The molecule has 0 saturated carbocycles. The normalized spacial score (nSPS) is 20.7. The van der Waals surface area contributed by atoms with E-state index in [1.807, 2.05) is 0 Å². The third-order valence-electron chi connectivity index (χ3n) is 2.38. The molecule has 0 spiro atoms. The predicted molar refractivity (Wildman–Crippen MR) is 55.8 cm³/mol. The molecular weight excluding hydrogens is 216 g/mol. The molecule has 0 aliphatic carbocycles. The van der Waals surface area contributed by atoms with Crippen molar-refractivity contribution >= 4 is 17.5 Å². The molecule has 1 aromatic heterocycles. The predicted octanol–water partition coefficient (Wildman–Crippen LogP) is 0.942. The quantitative estimate of drug-likeness (QED) is 0.726. The Morgan fingerprint density at radius 2 is 2.40 bits per heavy atom. The third-order valence-corrected chi connectivity index (χ3v) is 2.60. The third kappa shape index (κ3) is 2.27. The Balaban J connectivity index is 2.14. The molecule has 0 aromatic carbocycles. The van der Waals surface area contributed by atoms with Gasteiger partial charge in [-0.25, -0.2) is 4.98 Å². The standard InChI is InChI=1S/C10H11ClN2O2/c11-9-3-1-2-8(12-9)10(15)13-5-4-7(14)6-13/h1-3,7,14H,4-6H2. The van der Waals surface area contributed by atoms with Crippen molar-refractivity contribution < 1.29 is 9.90 Å². The summed E-state index contributed by atoms with van der Waals surface area (Å²) < 4.78 is 0. The highest BCUT2D eigenvalue weighted by Crippen LogP contribution is 2.13. The van der Waals surface area contributed by atoms with Gasteiger partial charge in [0.05, 0.1) is 6.10 Å². The zero-order chi connectivity index (χ0) is 10.8. The fourth-order valence-corrected chi connectivity index (χ4v) is 1.78. The van der Waals surface area contributed by atoms with Crippen LogP contribution in [0.2, 0.25) is 5.15 Å². The van der Waals surface area contributed by atoms with Crippen molar-refractivity contribution in [3.63, 3.8) is 0 Å². The Labute approximate surface area is 92.5 Å². The SMILES string of the molecule is O=C(c1cccc(Cl)n1)N1CCC(O)C1. The Kier molecular flexibility index (Phi) is 2.88. The first-order valence-corrected chi connectivity index (χ1v) is 5.14. The monoisotopic (exact) mass is 226 g/mol. The molecular formula is C10H11ClN2O2. The highest BCUT2D eigenvalue weighted by atomic mass is 35.5. The van der Waals surface area contributed by atoms with E-state index in [4.69, 9.17) is 11.6 Å². The first-order chi connectivity index (χ1) is 7.16. The topological polar surface area (TPSA) is 53.4 Å². The molecule has 1 aliphatic heterocycles. The fourth-order valence-electron chi connectivity index (χ4n) is 1.62. The minimum absolute atomic E-state index is 0.172. The zero-order valence-electron chi connectivity index (χ0n) is 8.06. The molecule has 1 aliphatic rings. The van der Waals surface area contributed by atoms with Gasteiger partial charge in [-0.3, -0.25) is 4.79 Å². The van der Waals surface area contributed by atoms with E-state index in [0.29, 0.717) is 30.4 Å². The molecule has 1 amide bonds. The molecule has 1 saturated heterocycles. The lowest BCUT2D eigenvalue weighted by atomic mass is 10.3. The lowest BCUT2D eigenvalue weighted by Crippen LogP contribution is -2.30. The number of aliphatic hydroxyl groups excluding tert-OH is 1. The van der Waals surface area contributed by atoms with E-state index in [1.54, 1.807) is 23.1 Å². The van der Waals surface area contributed by atoms with Gasteiger partial charge in [-0.05, 0) is 18.6 Å². The van der Waals surface area contributed by atoms with Gasteiger partial charge in [0.15, 0.2) is 0 Å². The Bertz CT molecular complexity index is 383. The van der Waals surface area contributed by atoms with Crippen LogP contribution < -0.4 is 0 Å². The van der Waals surface area contributed by atoms with E-state index >= 15 is 0 Å². The molecule has 1 atom stereocenters. The molecule has 4 nitrogen and oxygen atoms in total. The van der Waals surface area contributed by atoms with Crippen molar-refractivity contribution in [2.45, 2.75) is 12.5 Å². The molecule has 5 heteroatoms. The van der Waals surface area contributed by atoms with E-state index in [9.17, 15) is 9.90 Å². The first-order valence-electron chi connectivity index (χ1n) is 4.77. The Morgan fingerprint density at radius 3 is 3.00 bits per heavy atom. The summed E-state index contributed by atoms with van der Waals surface area (Å²) in [5.74, 6) is -0.172. The highest BCUT2D eigenvalue weighted by Gasteiger charge is 2.25. The van der Waals surface area contributed by atoms with E-state index < -0.39 is 6.10 Å². The number of carbonyl (C=O) groups is 1. The number of nitrogens with zero attached hydrogens (tertiary/aromatic N) is 2. The maximum atomic E-state index is 11.8. The van der Waals surface area contributed by atoms with Crippen LogP contribution in [0.25, 0.3) is 0 Å². The van der Waals surface area contributed by atoms with Gasteiger partial charge in [-0.15, -0.1) is 0 Å². The van der Waals surface area contributed by atoms with E-state index in [-0.39, 0.29) is 5.91 Å². The number of halogens is 1. The summed E-state index contributed by atoms with van der Waals surface area (Å²) in [6.45, 7) is 0.960. The Hall–Kier alpha value is -1.13. The van der Waals surface area contributed by atoms with Crippen molar-refractivity contribution in [3.05, 3.63) is 29.0 Å². The molecule has 2 rings (SSSR count). The van der Waals surface area contributed by atoms with Crippen molar-refractivity contribution in [2.24, 2.45) is 0 Å². The summed E-state index contributed by atoms with van der Waals surface area (Å²) in [5.41, 5.74) is 0.330. The molecule has 80 valence electrons. The number of pyridine rings is 1.